The van der Waals surface area contributed by atoms with E-state index in [4.69, 9.17) is 5.26 Å². The monoisotopic (exact) mass is 415 g/mol. The van der Waals surface area contributed by atoms with Gasteiger partial charge in [0.25, 0.3) is 0 Å². The molecule has 0 aliphatic heterocycles. The lowest BCUT2D eigenvalue weighted by Crippen LogP contribution is -2.60. The third kappa shape index (κ3) is 4.58. The zero-order valence-corrected chi connectivity index (χ0v) is 13.9. The number of nitriles is 1. The minimum atomic E-state index is -6.90. The van der Waals surface area contributed by atoms with E-state index in [0.29, 0.717) is 24.6 Å². The molecular weight excluding hydrogens is 401 g/mol. The fourth-order valence-electron chi connectivity index (χ4n) is 2.42. The Bertz CT molecular complexity index is 546. The molecule has 0 aromatic heterocycles. The number of rotatable bonds is 7. The maximum Gasteiger partial charge on any atom is 0.460 e. The van der Waals surface area contributed by atoms with Crippen molar-refractivity contribution in [3.05, 3.63) is 0 Å². The second-order valence-corrected chi connectivity index (χ2v) is 7.15. The fourth-order valence-corrected chi connectivity index (χ4v) is 3.67. The minimum absolute atomic E-state index is 0.0384. The van der Waals surface area contributed by atoms with E-state index in [1.165, 1.54) is 0 Å². The minimum Gasteiger partial charge on any atom is -0.300 e. The first-order valence-electron chi connectivity index (χ1n) is 7.40. The normalized spacial score (nSPS) is 19.3. The maximum atomic E-state index is 13.4. The van der Waals surface area contributed by atoms with Gasteiger partial charge in [-0.3, -0.25) is 4.79 Å². The van der Waals surface area contributed by atoms with E-state index in [1.54, 1.807) is 6.07 Å². The number of carbonyl (C=O) groups excluding carboxylic acids is 1. The standard InChI is InChI=1S/C14H14F9NOS/c15-11(16,12(17,18)13(19,20)14(21,22)23)5-6-26-10(7-24)8-1-3-9(25)4-2-8/h8,10H,1-6H2. The molecule has 0 aromatic carbocycles. The zero-order valence-electron chi connectivity index (χ0n) is 13.1. The zero-order chi connectivity index (χ0) is 20.4. The summed E-state index contributed by atoms with van der Waals surface area (Å²) >= 11 is 0.479. The summed E-state index contributed by atoms with van der Waals surface area (Å²) in [6.45, 7) is 0. The lowest BCUT2D eigenvalue weighted by Gasteiger charge is -2.34. The van der Waals surface area contributed by atoms with Crippen LogP contribution in [0.15, 0.2) is 0 Å². The Morgan fingerprint density at radius 1 is 1.00 bits per heavy atom. The van der Waals surface area contributed by atoms with Crippen LogP contribution >= 0.6 is 11.8 Å². The summed E-state index contributed by atoms with van der Waals surface area (Å²) < 4.78 is 115. The molecule has 1 unspecified atom stereocenters. The van der Waals surface area contributed by atoms with E-state index in [9.17, 15) is 44.3 Å². The van der Waals surface area contributed by atoms with Crippen LogP contribution in [0.25, 0.3) is 0 Å². The molecular formula is C14H14F9NOS. The number of thioether (sulfide) groups is 1. The molecule has 12 heteroatoms. The van der Waals surface area contributed by atoms with Crippen LogP contribution in [0.1, 0.15) is 32.1 Å². The highest BCUT2D eigenvalue weighted by molar-refractivity contribution is 8.00. The van der Waals surface area contributed by atoms with Crippen molar-refractivity contribution >= 4 is 17.5 Å². The summed E-state index contributed by atoms with van der Waals surface area (Å²) in [6.07, 6.45) is -7.85. The number of hydrogen-bond donors (Lipinski definition) is 0. The molecule has 1 fully saturated rings. The van der Waals surface area contributed by atoms with Crippen molar-refractivity contribution in [3.63, 3.8) is 0 Å². The SMILES string of the molecule is N#CC(SCCC(F)(F)C(F)(F)C(F)(F)C(F)(F)F)C1CCC(=O)CC1. The number of carbonyl (C=O) groups is 1. The van der Waals surface area contributed by atoms with E-state index in [-0.39, 0.29) is 24.5 Å². The van der Waals surface area contributed by atoms with E-state index in [0.717, 1.165) is 0 Å². The molecule has 1 aliphatic rings. The van der Waals surface area contributed by atoms with Gasteiger partial charge in [0, 0.05) is 25.0 Å². The van der Waals surface area contributed by atoms with Crippen LogP contribution in [-0.4, -0.2) is 40.7 Å². The summed E-state index contributed by atoms with van der Waals surface area (Å²) in [4.78, 5) is 11.1. The smallest absolute Gasteiger partial charge is 0.300 e. The quantitative estimate of drug-likeness (QED) is 0.535. The molecule has 0 saturated heterocycles. The average Bonchev–Trinajstić information content (AvgIpc) is 2.51. The maximum absolute atomic E-state index is 13.4. The van der Waals surface area contributed by atoms with Crippen molar-refractivity contribution in [1.82, 2.24) is 0 Å². The Morgan fingerprint density at radius 2 is 1.50 bits per heavy atom. The number of Topliss-reactive ketones (excluding diaryl/α,β-unsaturated/α-hetero) is 1. The van der Waals surface area contributed by atoms with Gasteiger partial charge in [0.15, 0.2) is 0 Å². The van der Waals surface area contributed by atoms with Gasteiger partial charge in [0.1, 0.15) is 5.78 Å². The van der Waals surface area contributed by atoms with Crippen LogP contribution in [0.4, 0.5) is 39.5 Å². The molecule has 1 aliphatic carbocycles. The molecule has 1 rings (SSSR count). The summed E-state index contributed by atoms with van der Waals surface area (Å²) in [5, 5.41) is 8.06. The van der Waals surface area contributed by atoms with Gasteiger partial charge in [-0.2, -0.15) is 44.8 Å². The Kier molecular flexibility index (Phi) is 6.93. The lowest BCUT2D eigenvalue weighted by atomic mass is 9.86. The molecule has 0 radical (unpaired) electrons. The van der Waals surface area contributed by atoms with Gasteiger partial charge in [0.2, 0.25) is 0 Å². The largest absolute Gasteiger partial charge is 0.460 e. The molecule has 1 saturated carbocycles. The van der Waals surface area contributed by atoms with Crippen LogP contribution in [0.5, 0.6) is 0 Å². The molecule has 0 aromatic rings. The third-order valence-corrected chi connectivity index (χ3v) is 5.36. The molecule has 0 spiro atoms. The van der Waals surface area contributed by atoms with Crippen molar-refractivity contribution in [2.24, 2.45) is 5.92 Å². The third-order valence-electron chi connectivity index (χ3n) is 4.07. The summed E-state index contributed by atoms with van der Waals surface area (Å²) in [6, 6.07) is 1.76. The fraction of sp³-hybridized carbons (Fsp3) is 0.857. The summed E-state index contributed by atoms with van der Waals surface area (Å²) in [5.41, 5.74) is 0. The van der Waals surface area contributed by atoms with Gasteiger partial charge in [0.05, 0.1) is 11.3 Å². The van der Waals surface area contributed by atoms with Crippen molar-refractivity contribution in [1.29, 1.82) is 5.26 Å². The van der Waals surface area contributed by atoms with Crippen LogP contribution in [-0.2, 0) is 4.79 Å². The van der Waals surface area contributed by atoms with Gasteiger partial charge in [-0.05, 0) is 18.8 Å². The molecule has 150 valence electrons. The van der Waals surface area contributed by atoms with E-state index < -0.39 is 41.4 Å². The van der Waals surface area contributed by atoms with Crippen molar-refractivity contribution in [2.75, 3.05) is 5.75 Å². The topological polar surface area (TPSA) is 40.9 Å². The Morgan fingerprint density at radius 3 is 1.92 bits per heavy atom. The molecule has 0 amide bonds. The second kappa shape index (κ2) is 7.86. The van der Waals surface area contributed by atoms with Crippen molar-refractivity contribution in [2.45, 2.75) is 61.3 Å². The predicted molar refractivity (Wildman–Crippen MR) is 74.3 cm³/mol. The van der Waals surface area contributed by atoms with E-state index in [2.05, 4.69) is 0 Å². The Labute approximate surface area is 147 Å². The first-order chi connectivity index (χ1) is 11.7. The number of nitrogens with zero attached hydrogens (tertiary/aromatic N) is 1. The molecule has 0 heterocycles. The van der Waals surface area contributed by atoms with E-state index in [1.807, 2.05) is 0 Å². The highest BCUT2D eigenvalue weighted by atomic mass is 32.2. The second-order valence-electron chi connectivity index (χ2n) is 5.90. The van der Waals surface area contributed by atoms with Gasteiger partial charge >= 0.3 is 23.9 Å². The van der Waals surface area contributed by atoms with E-state index >= 15 is 0 Å². The van der Waals surface area contributed by atoms with Crippen LogP contribution in [0.2, 0.25) is 0 Å². The average molecular weight is 415 g/mol. The van der Waals surface area contributed by atoms with Gasteiger partial charge in [-0.25, -0.2) is 0 Å². The van der Waals surface area contributed by atoms with Crippen LogP contribution < -0.4 is 0 Å². The molecule has 2 nitrogen and oxygen atoms in total. The lowest BCUT2D eigenvalue weighted by molar-refractivity contribution is -0.396. The number of hydrogen-bond acceptors (Lipinski definition) is 3. The Hall–Kier alpha value is -1.12. The Balaban J connectivity index is 2.72. The summed E-state index contributed by atoms with van der Waals surface area (Å²) in [5.74, 6) is -20.5. The number of ketones is 1. The van der Waals surface area contributed by atoms with Crippen molar-refractivity contribution < 1.29 is 44.3 Å². The first kappa shape index (κ1) is 22.9. The van der Waals surface area contributed by atoms with Gasteiger partial charge in [-0.1, -0.05) is 0 Å². The van der Waals surface area contributed by atoms with Crippen molar-refractivity contribution in [3.8, 4) is 6.07 Å². The highest BCUT2D eigenvalue weighted by Crippen LogP contribution is 2.54. The highest BCUT2D eigenvalue weighted by Gasteiger charge is 2.81. The molecule has 26 heavy (non-hydrogen) atoms. The van der Waals surface area contributed by atoms with Gasteiger partial charge < -0.3 is 0 Å². The number of alkyl halides is 9. The van der Waals surface area contributed by atoms with Crippen LogP contribution in [0.3, 0.4) is 0 Å². The molecule has 0 N–H and O–H groups in total. The predicted octanol–water partition coefficient (Wildman–Crippen LogP) is 5.23. The molecule has 1 atom stereocenters. The first-order valence-corrected chi connectivity index (χ1v) is 8.45. The number of halogens is 9. The summed E-state index contributed by atoms with van der Waals surface area (Å²) in [7, 11) is 0. The van der Waals surface area contributed by atoms with Gasteiger partial charge in [-0.15, -0.1) is 11.8 Å². The molecule has 0 bridgehead atoms. The van der Waals surface area contributed by atoms with Crippen LogP contribution in [0, 0.1) is 17.2 Å².